The van der Waals surface area contributed by atoms with Crippen LogP contribution in [0.2, 0.25) is 0 Å². The lowest BCUT2D eigenvalue weighted by atomic mass is 9.99. The highest BCUT2D eigenvalue weighted by atomic mass is 79.9. The Bertz CT molecular complexity index is 6290. The van der Waals surface area contributed by atoms with E-state index >= 15 is 0 Å². The zero-order valence-electron chi connectivity index (χ0n) is 61.0. The van der Waals surface area contributed by atoms with Crippen LogP contribution in [0.25, 0.3) is 184 Å². The number of pyridine rings is 4. The summed E-state index contributed by atoms with van der Waals surface area (Å²) in [5.41, 5.74) is 25.3. The lowest BCUT2D eigenvalue weighted by molar-refractivity contribution is 1.13. The standard InChI is InChI=1S/C34H22BrN3.2C33H21BrN4/c35-27-16-17-33-30(22-27)29-15-8-18-36-34(29)38(33)28-14-7-13-25(19-28)26-20-31(23-9-3-1-4-10-23)37-32(21-26)24-11-5-2-6-12-24;34-25-16-17-31-28(20-25)27-15-8-18-35-33(27)38(31)26-14-7-13-24(19-26)30-21-29(22-9-3-1-4-10-22)36-32(37-30)23-11-5-2-6-12-23;34-25-16-17-31-28(20-25)27-15-8-18-35-33(27)38(31)26-14-7-13-24(19-26)32-36-29(22-9-3-1-4-10-22)21-30(37-32)23-11-5-2-6-12-23/h1-22H;2*1-21H. The Morgan fingerprint density at radius 3 is 0.825 bits per heavy atom. The first kappa shape index (κ1) is 70.6. The number of rotatable bonds is 12. The molecule has 0 aliphatic carbocycles. The van der Waals surface area contributed by atoms with Crippen molar-refractivity contribution in [1.82, 2.24) is 53.6 Å². The van der Waals surface area contributed by atoms with Crippen LogP contribution >= 0.6 is 47.8 Å². The maximum absolute atomic E-state index is 5.04. The molecular formula is C100H64Br3N11. The molecule has 0 atom stereocenters. The van der Waals surface area contributed by atoms with Gasteiger partial charge in [-0.3, -0.25) is 13.7 Å². The lowest BCUT2D eigenvalue weighted by Gasteiger charge is -2.12. The molecule has 114 heavy (non-hydrogen) atoms. The maximum Gasteiger partial charge on any atom is 0.160 e. The van der Waals surface area contributed by atoms with Crippen LogP contribution in [0.15, 0.2) is 402 Å². The maximum atomic E-state index is 5.04. The van der Waals surface area contributed by atoms with Crippen molar-refractivity contribution in [2.45, 2.75) is 0 Å². The van der Waals surface area contributed by atoms with E-state index in [0.717, 1.165) is 181 Å². The summed E-state index contributed by atoms with van der Waals surface area (Å²) in [6, 6.07) is 127. The number of benzene rings is 12. The highest BCUT2D eigenvalue weighted by molar-refractivity contribution is 9.11. The van der Waals surface area contributed by atoms with E-state index in [1.54, 1.807) is 0 Å². The van der Waals surface area contributed by atoms with Crippen LogP contribution in [0.3, 0.4) is 0 Å². The average Bonchev–Trinajstić information content (AvgIpc) is 1.69. The van der Waals surface area contributed by atoms with Crippen molar-refractivity contribution in [3.8, 4) is 119 Å². The number of aromatic nitrogens is 11. The van der Waals surface area contributed by atoms with Crippen LogP contribution in [0.4, 0.5) is 0 Å². The molecule has 0 saturated carbocycles. The van der Waals surface area contributed by atoms with Gasteiger partial charge in [0.15, 0.2) is 11.6 Å². The minimum atomic E-state index is 0.684. The summed E-state index contributed by atoms with van der Waals surface area (Å²) in [4.78, 5) is 39.3. The van der Waals surface area contributed by atoms with Crippen molar-refractivity contribution in [2.75, 3.05) is 0 Å². The topological polar surface area (TPSA) is 118 Å². The van der Waals surface area contributed by atoms with Gasteiger partial charge >= 0.3 is 0 Å². The Kier molecular flexibility index (Phi) is 19.3. The zero-order chi connectivity index (χ0) is 76.4. The smallest absolute Gasteiger partial charge is 0.160 e. The number of hydrogen-bond acceptors (Lipinski definition) is 8. The van der Waals surface area contributed by atoms with Gasteiger partial charge in [0, 0.05) is 126 Å². The molecule has 11 nitrogen and oxygen atoms in total. The Morgan fingerprint density at radius 2 is 0.465 bits per heavy atom. The van der Waals surface area contributed by atoms with Crippen molar-refractivity contribution in [3.63, 3.8) is 0 Å². The second-order valence-electron chi connectivity index (χ2n) is 27.5. The third kappa shape index (κ3) is 14.1. The molecule has 21 aromatic rings. The van der Waals surface area contributed by atoms with E-state index in [4.69, 9.17) is 39.9 Å². The Balaban J connectivity index is 0.000000115. The van der Waals surface area contributed by atoms with Crippen molar-refractivity contribution in [2.24, 2.45) is 0 Å². The summed E-state index contributed by atoms with van der Waals surface area (Å²) in [7, 11) is 0. The monoisotopic (exact) mass is 1660 g/mol. The SMILES string of the molecule is Brc1ccc2c(c1)c1cccnc1n2-c1cccc(-c2cc(-c3ccccc3)nc(-c3ccccc3)c2)c1.Brc1ccc2c(c1)c1cccnc1n2-c1cccc(-c2cc(-c3ccccc3)nc(-c3ccccc3)n2)c1.Brc1ccc2c(c1)c1cccnc1n2-c1cccc(-c2nc(-c3ccccc3)cc(-c3ccccc3)n2)c1. The van der Waals surface area contributed by atoms with Gasteiger partial charge in [-0.2, -0.15) is 0 Å². The molecule has 9 aromatic heterocycles. The number of hydrogen-bond donors (Lipinski definition) is 0. The third-order valence-corrected chi connectivity index (χ3v) is 21.8. The first-order chi connectivity index (χ1) is 56.2. The van der Waals surface area contributed by atoms with Crippen molar-refractivity contribution < 1.29 is 0 Å². The first-order valence-corrected chi connectivity index (χ1v) is 39.7. The molecule has 0 amide bonds. The van der Waals surface area contributed by atoms with Gasteiger partial charge in [0.05, 0.1) is 50.7 Å². The molecule has 0 radical (unpaired) electrons. The molecule has 0 saturated heterocycles. The van der Waals surface area contributed by atoms with Gasteiger partial charge in [0.2, 0.25) is 0 Å². The Labute approximate surface area is 682 Å². The molecule has 14 heteroatoms. The molecule has 0 aliphatic rings. The molecular weight excluding hydrogens is 1590 g/mol. The zero-order valence-corrected chi connectivity index (χ0v) is 65.8. The molecule has 0 N–H and O–H groups in total. The molecule has 0 fully saturated rings. The van der Waals surface area contributed by atoms with Crippen LogP contribution in [0, 0.1) is 0 Å². The fourth-order valence-electron chi connectivity index (χ4n) is 15.0. The summed E-state index contributed by atoms with van der Waals surface area (Å²) in [6.07, 6.45) is 5.55. The van der Waals surface area contributed by atoms with E-state index in [9.17, 15) is 0 Å². The predicted molar refractivity (Wildman–Crippen MR) is 477 cm³/mol. The Hall–Kier alpha value is -13.8. The van der Waals surface area contributed by atoms with Crippen molar-refractivity contribution >= 4 is 114 Å². The van der Waals surface area contributed by atoms with E-state index in [2.05, 4.69) is 316 Å². The van der Waals surface area contributed by atoms with E-state index in [1.165, 1.54) is 5.39 Å². The van der Waals surface area contributed by atoms with Gasteiger partial charge in [-0.15, -0.1) is 0 Å². The van der Waals surface area contributed by atoms with E-state index < -0.39 is 0 Å². The minimum Gasteiger partial charge on any atom is -0.294 e. The number of nitrogens with zero attached hydrogens (tertiary/aromatic N) is 11. The molecule has 21 rings (SSSR count). The predicted octanol–water partition coefficient (Wildman–Crippen LogP) is 26.8. The van der Waals surface area contributed by atoms with Crippen molar-refractivity contribution in [1.29, 1.82) is 0 Å². The molecule has 0 bridgehead atoms. The largest absolute Gasteiger partial charge is 0.294 e. The minimum absolute atomic E-state index is 0.684. The summed E-state index contributed by atoms with van der Waals surface area (Å²) in [6.45, 7) is 0. The summed E-state index contributed by atoms with van der Waals surface area (Å²) >= 11 is 10.9. The van der Waals surface area contributed by atoms with Gasteiger partial charge in [0.1, 0.15) is 16.9 Å². The van der Waals surface area contributed by atoms with Crippen LogP contribution in [0.5, 0.6) is 0 Å². The second-order valence-corrected chi connectivity index (χ2v) is 30.3. The quantitative estimate of drug-likeness (QED) is 0.119. The van der Waals surface area contributed by atoms with Crippen LogP contribution in [0.1, 0.15) is 0 Å². The van der Waals surface area contributed by atoms with Crippen LogP contribution in [-0.4, -0.2) is 53.6 Å². The van der Waals surface area contributed by atoms with Crippen molar-refractivity contribution in [3.05, 3.63) is 402 Å². The fraction of sp³-hybridized carbons (Fsp3) is 0. The van der Waals surface area contributed by atoms with Crippen LogP contribution < -0.4 is 0 Å². The normalized spacial score (nSPS) is 11.3. The number of fused-ring (bicyclic) bond motifs is 9. The van der Waals surface area contributed by atoms with Gasteiger partial charge < -0.3 is 0 Å². The molecule has 540 valence electrons. The molecule has 0 spiro atoms. The van der Waals surface area contributed by atoms with Gasteiger partial charge in [-0.25, -0.2) is 39.9 Å². The number of halogens is 3. The molecule has 0 unspecified atom stereocenters. The fourth-order valence-corrected chi connectivity index (χ4v) is 16.1. The van der Waals surface area contributed by atoms with Crippen LogP contribution in [-0.2, 0) is 0 Å². The van der Waals surface area contributed by atoms with Gasteiger partial charge in [-0.05, 0) is 163 Å². The highest BCUT2D eigenvalue weighted by Gasteiger charge is 2.21. The first-order valence-electron chi connectivity index (χ1n) is 37.3. The summed E-state index contributed by atoms with van der Waals surface area (Å²) in [5, 5.41) is 6.86. The lowest BCUT2D eigenvalue weighted by Crippen LogP contribution is -1.98. The molecule has 0 aliphatic heterocycles. The van der Waals surface area contributed by atoms with E-state index in [1.807, 2.05) is 134 Å². The summed E-state index contributed by atoms with van der Waals surface area (Å²) in [5.74, 6) is 1.39. The summed E-state index contributed by atoms with van der Waals surface area (Å²) < 4.78 is 9.82. The Morgan fingerprint density at radius 1 is 0.184 bits per heavy atom. The van der Waals surface area contributed by atoms with E-state index in [-0.39, 0.29) is 0 Å². The second kappa shape index (κ2) is 31.2. The van der Waals surface area contributed by atoms with Gasteiger partial charge in [0.25, 0.3) is 0 Å². The molecule has 12 aromatic carbocycles. The highest BCUT2D eigenvalue weighted by Crippen LogP contribution is 2.40. The third-order valence-electron chi connectivity index (χ3n) is 20.3. The van der Waals surface area contributed by atoms with Gasteiger partial charge in [-0.1, -0.05) is 266 Å². The average molecular weight is 1660 g/mol. The van der Waals surface area contributed by atoms with E-state index in [0.29, 0.717) is 11.6 Å². The molecule has 9 heterocycles.